The number of nitrogens with zero attached hydrogens (tertiary/aromatic N) is 1. The zero-order valence-electron chi connectivity index (χ0n) is 13.2. The number of nitrogens with two attached hydrogens (primary N) is 1. The molecule has 6 heteroatoms. The highest BCUT2D eigenvalue weighted by molar-refractivity contribution is 5.93. The van der Waals surface area contributed by atoms with E-state index in [1.165, 1.54) is 0 Å². The van der Waals surface area contributed by atoms with E-state index in [1.807, 2.05) is 0 Å². The predicted molar refractivity (Wildman–Crippen MR) is 88.3 cm³/mol. The topological polar surface area (TPSA) is 83.1 Å². The Hall–Kier alpha value is -3.02. The maximum atomic E-state index is 11.0. The van der Waals surface area contributed by atoms with Crippen LogP contribution in [0, 0.1) is 0 Å². The summed E-state index contributed by atoms with van der Waals surface area (Å²) in [6.07, 6.45) is 1.67. The maximum absolute atomic E-state index is 11.0. The molecule has 0 unspecified atom stereocenters. The molecule has 120 valence electrons. The first kappa shape index (κ1) is 16.4. The van der Waals surface area contributed by atoms with Crippen molar-refractivity contribution in [3.63, 3.8) is 0 Å². The van der Waals surface area contributed by atoms with Crippen LogP contribution in [-0.4, -0.2) is 33.5 Å². The molecular weight excluding hydrogens is 296 g/mol. The molecule has 6 nitrogen and oxygen atoms in total. The number of ether oxygens (including phenoxy) is 3. The standard InChI is InChI=1S/C17H18N2O4/c1-21-14-8-11(9-15(22-2)16(14)23-3)10-19-13-6-4-12(5-7-13)17(18)20/h4-10H,1-3H3,(H2,18,20). The summed E-state index contributed by atoms with van der Waals surface area (Å²) in [6.45, 7) is 0. The molecule has 0 aliphatic carbocycles. The van der Waals surface area contributed by atoms with Crippen LogP contribution in [0.1, 0.15) is 15.9 Å². The van der Waals surface area contributed by atoms with Crippen LogP contribution < -0.4 is 19.9 Å². The van der Waals surface area contributed by atoms with Gasteiger partial charge in [0.15, 0.2) is 11.5 Å². The van der Waals surface area contributed by atoms with E-state index >= 15 is 0 Å². The molecule has 0 aromatic heterocycles. The van der Waals surface area contributed by atoms with Crippen molar-refractivity contribution in [2.24, 2.45) is 10.7 Å². The Kier molecular flexibility index (Phi) is 5.19. The number of rotatable bonds is 6. The average Bonchev–Trinajstić information content (AvgIpc) is 2.59. The minimum Gasteiger partial charge on any atom is -0.493 e. The van der Waals surface area contributed by atoms with Crippen molar-refractivity contribution in [3.05, 3.63) is 47.5 Å². The van der Waals surface area contributed by atoms with Gasteiger partial charge in [-0.1, -0.05) is 0 Å². The van der Waals surface area contributed by atoms with Crippen LogP contribution in [0.15, 0.2) is 41.4 Å². The molecule has 23 heavy (non-hydrogen) atoms. The summed E-state index contributed by atoms with van der Waals surface area (Å²) < 4.78 is 15.9. The molecule has 0 spiro atoms. The predicted octanol–water partition coefficient (Wildman–Crippen LogP) is 2.56. The lowest BCUT2D eigenvalue weighted by molar-refractivity contribution is 0.100. The van der Waals surface area contributed by atoms with Gasteiger partial charge in [-0.25, -0.2) is 0 Å². The Morgan fingerprint density at radius 3 is 2.00 bits per heavy atom. The van der Waals surface area contributed by atoms with Crippen LogP contribution in [0.2, 0.25) is 0 Å². The first-order valence-corrected chi connectivity index (χ1v) is 6.83. The fourth-order valence-electron chi connectivity index (χ4n) is 2.04. The number of hydrogen-bond acceptors (Lipinski definition) is 5. The smallest absolute Gasteiger partial charge is 0.248 e. The first-order chi connectivity index (χ1) is 11.1. The fraction of sp³-hybridized carbons (Fsp3) is 0.176. The van der Waals surface area contributed by atoms with Gasteiger partial charge in [-0.3, -0.25) is 9.79 Å². The molecule has 0 heterocycles. The molecule has 0 saturated heterocycles. The lowest BCUT2D eigenvalue weighted by atomic mass is 10.2. The summed E-state index contributed by atoms with van der Waals surface area (Å²) in [5.74, 6) is 1.16. The van der Waals surface area contributed by atoms with Crippen molar-refractivity contribution >= 4 is 17.8 Å². The van der Waals surface area contributed by atoms with Crippen molar-refractivity contribution in [2.45, 2.75) is 0 Å². The van der Waals surface area contributed by atoms with Crippen molar-refractivity contribution in [3.8, 4) is 17.2 Å². The second-order valence-corrected chi connectivity index (χ2v) is 4.63. The highest BCUT2D eigenvalue weighted by Gasteiger charge is 2.12. The molecule has 0 fully saturated rings. The van der Waals surface area contributed by atoms with Gasteiger partial charge in [-0.05, 0) is 36.4 Å². The van der Waals surface area contributed by atoms with Crippen LogP contribution in [0.25, 0.3) is 0 Å². The van der Waals surface area contributed by atoms with Gasteiger partial charge in [0.2, 0.25) is 11.7 Å². The van der Waals surface area contributed by atoms with Gasteiger partial charge >= 0.3 is 0 Å². The SMILES string of the molecule is COc1cc(C=Nc2ccc(C(N)=O)cc2)cc(OC)c1OC. The van der Waals surface area contributed by atoms with Gasteiger partial charge in [0.1, 0.15) is 0 Å². The van der Waals surface area contributed by atoms with Gasteiger partial charge in [0.05, 0.1) is 27.0 Å². The van der Waals surface area contributed by atoms with Crippen molar-refractivity contribution in [1.29, 1.82) is 0 Å². The molecule has 0 saturated carbocycles. The molecule has 0 atom stereocenters. The highest BCUT2D eigenvalue weighted by Crippen LogP contribution is 2.37. The van der Waals surface area contributed by atoms with Gasteiger partial charge in [0.25, 0.3) is 0 Å². The van der Waals surface area contributed by atoms with E-state index in [-0.39, 0.29) is 0 Å². The van der Waals surface area contributed by atoms with E-state index in [1.54, 1.807) is 63.9 Å². The Morgan fingerprint density at radius 1 is 1.00 bits per heavy atom. The van der Waals surface area contributed by atoms with E-state index in [2.05, 4.69) is 4.99 Å². The van der Waals surface area contributed by atoms with Crippen molar-refractivity contribution in [1.82, 2.24) is 0 Å². The normalized spacial score (nSPS) is 10.6. The summed E-state index contributed by atoms with van der Waals surface area (Å²) in [5.41, 5.74) is 7.13. The highest BCUT2D eigenvalue weighted by atomic mass is 16.5. The molecular formula is C17H18N2O4. The van der Waals surface area contributed by atoms with Crippen LogP contribution in [0.5, 0.6) is 17.2 Å². The molecule has 0 radical (unpaired) electrons. The molecule has 0 bridgehead atoms. The van der Waals surface area contributed by atoms with Crippen molar-refractivity contribution in [2.75, 3.05) is 21.3 Å². The van der Waals surface area contributed by atoms with Gasteiger partial charge in [-0.2, -0.15) is 0 Å². The Labute approximate surface area is 134 Å². The third kappa shape index (κ3) is 3.79. The summed E-state index contributed by atoms with van der Waals surface area (Å²) in [5, 5.41) is 0. The molecule has 2 aromatic rings. The van der Waals surface area contributed by atoms with E-state index in [0.29, 0.717) is 28.5 Å². The number of carbonyl (C=O) groups excluding carboxylic acids is 1. The molecule has 0 aliphatic heterocycles. The molecule has 1 amide bonds. The largest absolute Gasteiger partial charge is 0.493 e. The summed E-state index contributed by atoms with van der Waals surface area (Å²) in [4.78, 5) is 15.4. The Morgan fingerprint density at radius 2 is 1.57 bits per heavy atom. The first-order valence-electron chi connectivity index (χ1n) is 6.83. The number of aliphatic imine (C=N–C) groups is 1. The zero-order valence-corrected chi connectivity index (χ0v) is 13.2. The Balaban J connectivity index is 2.30. The molecule has 2 N–H and O–H groups in total. The van der Waals surface area contributed by atoms with Crippen LogP contribution in [-0.2, 0) is 0 Å². The molecule has 0 aliphatic rings. The van der Waals surface area contributed by atoms with Crippen LogP contribution >= 0.6 is 0 Å². The second kappa shape index (κ2) is 7.31. The maximum Gasteiger partial charge on any atom is 0.248 e. The third-order valence-corrected chi connectivity index (χ3v) is 3.20. The molecule has 2 rings (SSSR count). The number of benzene rings is 2. The summed E-state index contributed by atoms with van der Waals surface area (Å²) >= 11 is 0. The minimum atomic E-state index is -0.467. The minimum absolute atomic E-state index is 0.441. The zero-order chi connectivity index (χ0) is 16.8. The van der Waals surface area contributed by atoms with Crippen LogP contribution in [0.4, 0.5) is 5.69 Å². The number of primary amides is 1. The summed E-state index contributed by atoms with van der Waals surface area (Å²) in [7, 11) is 4.66. The lowest BCUT2D eigenvalue weighted by Gasteiger charge is -2.12. The second-order valence-electron chi connectivity index (χ2n) is 4.63. The summed E-state index contributed by atoms with van der Waals surface area (Å²) in [6, 6.07) is 10.3. The monoisotopic (exact) mass is 314 g/mol. The number of hydrogen-bond donors (Lipinski definition) is 1. The van der Waals surface area contributed by atoms with Gasteiger partial charge in [-0.15, -0.1) is 0 Å². The van der Waals surface area contributed by atoms with Crippen LogP contribution in [0.3, 0.4) is 0 Å². The van der Waals surface area contributed by atoms with E-state index in [4.69, 9.17) is 19.9 Å². The van der Waals surface area contributed by atoms with E-state index < -0.39 is 5.91 Å². The van der Waals surface area contributed by atoms with E-state index in [9.17, 15) is 4.79 Å². The van der Waals surface area contributed by atoms with E-state index in [0.717, 1.165) is 5.56 Å². The lowest BCUT2D eigenvalue weighted by Crippen LogP contribution is -2.10. The number of carbonyl (C=O) groups is 1. The molecule has 2 aromatic carbocycles. The fourth-order valence-corrected chi connectivity index (χ4v) is 2.04. The number of methoxy groups -OCH3 is 3. The van der Waals surface area contributed by atoms with Gasteiger partial charge in [0, 0.05) is 17.3 Å². The van der Waals surface area contributed by atoms with Gasteiger partial charge < -0.3 is 19.9 Å². The number of amides is 1. The Bertz CT molecular complexity index is 699. The quantitative estimate of drug-likeness (QED) is 0.831. The average molecular weight is 314 g/mol. The third-order valence-electron chi connectivity index (χ3n) is 3.20. The van der Waals surface area contributed by atoms with Crippen molar-refractivity contribution < 1.29 is 19.0 Å².